The van der Waals surface area contributed by atoms with Crippen LogP contribution in [0.3, 0.4) is 0 Å². The van der Waals surface area contributed by atoms with Gasteiger partial charge in [0, 0.05) is 18.7 Å². The standard InChI is InChI=1S/C25H43NO3/c1-5-7-9-11-13-15-19-26(20-16-14-12-10-8-6-2)25(27)22-17-18-23(28-3)24(21-22)29-4/h17-18,21H,5-16,19-20H2,1-4H3. The number of unbranched alkanes of at least 4 members (excludes halogenated alkanes) is 10. The van der Waals surface area contributed by atoms with Gasteiger partial charge in [0.25, 0.3) is 5.91 Å². The highest BCUT2D eigenvalue weighted by Crippen LogP contribution is 2.28. The van der Waals surface area contributed by atoms with Gasteiger partial charge in [0.15, 0.2) is 11.5 Å². The van der Waals surface area contributed by atoms with Crippen molar-refractivity contribution < 1.29 is 14.3 Å². The first-order chi connectivity index (χ1) is 14.2. The fourth-order valence-electron chi connectivity index (χ4n) is 3.63. The molecule has 29 heavy (non-hydrogen) atoms. The molecule has 0 aliphatic heterocycles. The summed E-state index contributed by atoms with van der Waals surface area (Å²) in [6, 6.07) is 5.47. The van der Waals surface area contributed by atoms with Crippen LogP contribution in [0.25, 0.3) is 0 Å². The molecule has 1 aromatic carbocycles. The van der Waals surface area contributed by atoms with Gasteiger partial charge in [0.2, 0.25) is 0 Å². The van der Waals surface area contributed by atoms with Crippen molar-refractivity contribution >= 4 is 5.91 Å². The molecule has 0 bridgehead atoms. The molecule has 166 valence electrons. The minimum atomic E-state index is 0.105. The number of carbonyl (C=O) groups is 1. The number of methoxy groups -OCH3 is 2. The second kappa shape index (κ2) is 16.1. The Morgan fingerprint density at radius 3 is 1.69 bits per heavy atom. The van der Waals surface area contributed by atoms with Crippen molar-refractivity contribution in [2.24, 2.45) is 0 Å². The predicted molar refractivity (Wildman–Crippen MR) is 122 cm³/mol. The number of benzene rings is 1. The van der Waals surface area contributed by atoms with Crippen molar-refractivity contribution in [1.29, 1.82) is 0 Å². The molecule has 0 N–H and O–H groups in total. The van der Waals surface area contributed by atoms with Gasteiger partial charge in [-0.25, -0.2) is 0 Å². The monoisotopic (exact) mass is 405 g/mol. The third-order valence-corrected chi connectivity index (χ3v) is 5.48. The molecule has 4 heteroatoms. The summed E-state index contributed by atoms with van der Waals surface area (Å²) < 4.78 is 10.7. The van der Waals surface area contributed by atoms with E-state index in [-0.39, 0.29) is 5.91 Å². The summed E-state index contributed by atoms with van der Waals surface area (Å²) in [5.74, 6) is 1.37. The minimum absolute atomic E-state index is 0.105. The Morgan fingerprint density at radius 2 is 1.21 bits per heavy atom. The van der Waals surface area contributed by atoms with Crippen LogP contribution in [-0.4, -0.2) is 38.1 Å². The predicted octanol–water partition coefficient (Wildman–Crippen LogP) is 6.87. The van der Waals surface area contributed by atoms with Gasteiger partial charge < -0.3 is 14.4 Å². The molecule has 0 aromatic heterocycles. The molecule has 0 radical (unpaired) electrons. The molecule has 0 heterocycles. The number of carbonyl (C=O) groups excluding carboxylic acids is 1. The van der Waals surface area contributed by atoms with Crippen molar-refractivity contribution in [3.05, 3.63) is 23.8 Å². The first-order valence-corrected chi connectivity index (χ1v) is 11.7. The summed E-state index contributed by atoms with van der Waals surface area (Å²) in [5, 5.41) is 0. The maximum atomic E-state index is 13.2. The van der Waals surface area contributed by atoms with E-state index in [9.17, 15) is 4.79 Å². The van der Waals surface area contributed by atoms with E-state index in [0.717, 1.165) is 25.9 Å². The fraction of sp³-hybridized carbons (Fsp3) is 0.720. The molecular weight excluding hydrogens is 362 g/mol. The first kappa shape index (κ1) is 25.3. The van der Waals surface area contributed by atoms with Crippen LogP contribution in [-0.2, 0) is 0 Å². The quantitative estimate of drug-likeness (QED) is 0.266. The van der Waals surface area contributed by atoms with Gasteiger partial charge in [-0.2, -0.15) is 0 Å². The Balaban J connectivity index is 2.65. The van der Waals surface area contributed by atoms with E-state index in [0.29, 0.717) is 17.1 Å². The Bertz CT molecular complexity index is 543. The van der Waals surface area contributed by atoms with E-state index >= 15 is 0 Å². The Hall–Kier alpha value is -1.71. The molecule has 0 aliphatic carbocycles. The number of hydrogen-bond donors (Lipinski definition) is 0. The van der Waals surface area contributed by atoms with Crippen LogP contribution in [0.15, 0.2) is 18.2 Å². The normalized spacial score (nSPS) is 10.8. The van der Waals surface area contributed by atoms with Crippen LogP contribution < -0.4 is 9.47 Å². The molecular formula is C25H43NO3. The maximum Gasteiger partial charge on any atom is 0.253 e. The zero-order chi connectivity index (χ0) is 21.3. The van der Waals surface area contributed by atoms with E-state index in [1.807, 2.05) is 17.0 Å². The molecule has 0 spiro atoms. The molecule has 4 nitrogen and oxygen atoms in total. The zero-order valence-corrected chi connectivity index (χ0v) is 19.3. The average molecular weight is 406 g/mol. The lowest BCUT2D eigenvalue weighted by Gasteiger charge is -2.23. The molecule has 0 unspecified atom stereocenters. The van der Waals surface area contributed by atoms with E-state index < -0.39 is 0 Å². The largest absolute Gasteiger partial charge is 0.493 e. The molecule has 0 aliphatic rings. The zero-order valence-electron chi connectivity index (χ0n) is 19.3. The van der Waals surface area contributed by atoms with Crippen LogP contribution >= 0.6 is 0 Å². The van der Waals surface area contributed by atoms with E-state index in [4.69, 9.17) is 9.47 Å². The summed E-state index contributed by atoms with van der Waals surface area (Å²) in [6.07, 6.45) is 14.9. The minimum Gasteiger partial charge on any atom is -0.493 e. The second-order valence-electron chi connectivity index (χ2n) is 7.90. The summed E-state index contributed by atoms with van der Waals surface area (Å²) in [5.41, 5.74) is 0.680. The Labute approximate surface area is 179 Å². The first-order valence-electron chi connectivity index (χ1n) is 11.7. The fourth-order valence-corrected chi connectivity index (χ4v) is 3.63. The van der Waals surface area contributed by atoms with Crippen LogP contribution in [0, 0.1) is 0 Å². The highest BCUT2D eigenvalue weighted by Gasteiger charge is 2.17. The van der Waals surface area contributed by atoms with Crippen molar-refractivity contribution in [2.45, 2.75) is 90.9 Å². The van der Waals surface area contributed by atoms with Crippen molar-refractivity contribution in [3.8, 4) is 11.5 Å². The van der Waals surface area contributed by atoms with Gasteiger partial charge in [0.05, 0.1) is 14.2 Å². The molecule has 0 atom stereocenters. The van der Waals surface area contributed by atoms with Crippen molar-refractivity contribution in [2.75, 3.05) is 27.3 Å². The topological polar surface area (TPSA) is 38.8 Å². The van der Waals surface area contributed by atoms with E-state index in [2.05, 4.69) is 13.8 Å². The Kier molecular flexibility index (Phi) is 14.1. The molecule has 0 saturated heterocycles. The summed E-state index contributed by atoms with van der Waals surface area (Å²) >= 11 is 0. The lowest BCUT2D eigenvalue weighted by Crippen LogP contribution is -2.33. The second-order valence-corrected chi connectivity index (χ2v) is 7.90. The van der Waals surface area contributed by atoms with Gasteiger partial charge in [-0.3, -0.25) is 4.79 Å². The van der Waals surface area contributed by atoms with E-state index in [1.54, 1.807) is 20.3 Å². The van der Waals surface area contributed by atoms with Gasteiger partial charge in [-0.15, -0.1) is 0 Å². The van der Waals surface area contributed by atoms with Gasteiger partial charge in [-0.05, 0) is 31.0 Å². The van der Waals surface area contributed by atoms with Gasteiger partial charge in [0.1, 0.15) is 0 Å². The molecule has 1 rings (SSSR count). The van der Waals surface area contributed by atoms with Crippen LogP contribution in [0.1, 0.15) is 101 Å². The molecule has 0 fully saturated rings. The summed E-state index contributed by atoms with van der Waals surface area (Å²) in [6.45, 7) is 6.16. The third kappa shape index (κ3) is 10.0. The highest BCUT2D eigenvalue weighted by molar-refractivity contribution is 5.95. The molecule has 1 aromatic rings. The average Bonchev–Trinajstić information content (AvgIpc) is 2.75. The number of hydrogen-bond acceptors (Lipinski definition) is 3. The number of amides is 1. The van der Waals surface area contributed by atoms with E-state index in [1.165, 1.54) is 64.2 Å². The highest BCUT2D eigenvalue weighted by atomic mass is 16.5. The van der Waals surface area contributed by atoms with Crippen LogP contribution in [0.5, 0.6) is 11.5 Å². The van der Waals surface area contributed by atoms with Crippen LogP contribution in [0.4, 0.5) is 0 Å². The third-order valence-electron chi connectivity index (χ3n) is 5.48. The number of nitrogens with zero attached hydrogens (tertiary/aromatic N) is 1. The van der Waals surface area contributed by atoms with Crippen molar-refractivity contribution in [1.82, 2.24) is 4.90 Å². The maximum absolute atomic E-state index is 13.2. The smallest absolute Gasteiger partial charge is 0.253 e. The number of rotatable bonds is 17. The number of ether oxygens (including phenoxy) is 2. The SMILES string of the molecule is CCCCCCCCN(CCCCCCCC)C(=O)c1ccc(OC)c(OC)c1. The molecule has 0 saturated carbocycles. The van der Waals surface area contributed by atoms with Crippen LogP contribution in [0.2, 0.25) is 0 Å². The van der Waals surface area contributed by atoms with Crippen molar-refractivity contribution in [3.63, 3.8) is 0 Å². The Morgan fingerprint density at radius 1 is 0.724 bits per heavy atom. The van der Waals surface area contributed by atoms with Gasteiger partial charge >= 0.3 is 0 Å². The molecule has 1 amide bonds. The summed E-state index contributed by atoms with van der Waals surface area (Å²) in [4.78, 5) is 15.2. The summed E-state index contributed by atoms with van der Waals surface area (Å²) in [7, 11) is 3.22. The lowest BCUT2D eigenvalue weighted by molar-refractivity contribution is 0.0748. The lowest BCUT2D eigenvalue weighted by atomic mass is 10.1. The van der Waals surface area contributed by atoms with Gasteiger partial charge in [-0.1, -0.05) is 78.1 Å².